The molecule has 0 bridgehead atoms. The minimum Gasteiger partial charge on any atom is -0.377 e. The first-order chi connectivity index (χ1) is 10.6. The second kappa shape index (κ2) is 8.09. The predicted octanol–water partition coefficient (Wildman–Crippen LogP) is 1.09. The fourth-order valence-corrected chi connectivity index (χ4v) is 4.00. The molecule has 0 aliphatic heterocycles. The van der Waals surface area contributed by atoms with Gasteiger partial charge in [-0.1, -0.05) is 0 Å². The maximum Gasteiger partial charge on any atom is 0.252 e. The van der Waals surface area contributed by atoms with E-state index in [1.165, 1.54) is 29.7 Å². The predicted molar refractivity (Wildman–Crippen MR) is 94.5 cm³/mol. The first-order valence-electron chi connectivity index (χ1n) is 7.13. The van der Waals surface area contributed by atoms with Crippen LogP contribution in [0.4, 0.5) is 0 Å². The van der Waals surface area contributed by atoms with Crippen molar-refractivity contribution in [1.29, 1.82) is 0 Å². The Labute approximate surface area is 142 Å². The third-order valence-electron chi connectivity index (χ3n) is 3.26. The largest absolute Gasteiger partial charge is 0.377 e. The highest BCUT2D eigenvalue weighted by molar-refractivity contribution is 7.91. The summed E-state index contributed by atoms with van der Waals surface area (Å²) in [6.07, 6.45) is 0. The van der Waals surface area contributed by atoms with Crippen molar-refractivity contribution in [3.63, 3.8) is 0 Å². The number of sulfonamides is 1. The maximum absolute atomic E-state index is 12.1. The van der Waals surface area contributed by atoms with Crippen molar-refractivity contribution < 1.29 is 13.2 Å². The Morgan fingerprint density at radius 3 is 2.52 bits per heavy atom. The van der Waals surface area contributed by atoms with Crippen molar-refractivity contribution in [3.05, 3.63) is 17.0 Å². The number of thiophene rings is 1. The number of hydrogen-bond acceptors (Lipinski definition) is 5. The number of rotatable bonds is 7. The Kier molecular flexibility index (Phi) is 7.00. The molecule has 7 nitrogen and oxygen atoms in total. The highest BCUT2D eigenvalue weighted by Gasteiger charge is 2.20. The lowest BCUT2D eigenvalue weighted by Crippen LogP contribution is -2.44. The van der Waals surface area contributed by atoms with Crippen LogP contribution in [0.3, 0.4) is 0 Å². The van der Waals surface area contributed by atoms with Gasteiger partial charge in [0.2, 0.25) is 0 Å². The first kappa shape index (κ1) is 19.9. The average molecular weight is 363 g/mol. The molecule has 1 aromatic heterocycles. The minimum absolute atomic E-state index is 0.298. The molecule has 0 spiro atoms. The third-order valence-corrected chi connectivity index (χ3v) is 6.63. The fourth-order valence-electron chi connectivity index (χ4n) is 1.53. The molecule has 0 radical (unpaired) electrons. The first-order valence-corrected chi connectivity index (χ1v) is 9.39. The van der Waals surface area contributed by atoms with Gasteiger partial charge in [0.1, 0.15) is 4.21 Å². The summed E-state index contributed by atoms with van der Waals surface area (Å²) in [7, 11) is 3.03. The number of aliphatic imine (C=N–C) groups is 1. The number of guanidine groups is 1. The zero-order valence-corrected chi connectivity index (χ0v) is 16.1. The van der Waals surface area contributed by atoms with Gasteiger partial charge >= 0.3 is 0 Å². The Morgan fingerprint density at radius 2 is 2.00 bits per heavy atom. The van der Waals surface area contributed by atoms with E-state index in [0.29, 0.717) is 23.3 Å². The summed E-state index contributed by atoms with van der Waals surface area (Å²) in [6, 6.07) is 3.43. The van der Waals surface area contributed by atoms with Gasteiger partial charge in [-0.3, -0.25) is 4.99 Å². The lowest BCUT2D eigenvalue weighted by Gasteiger charge is -2.24. The molecule has 0 atom stereocenters. The van der Waals surface area contributed by atoms with E-state index in [2.05, 4.69) is 15.6 Å². The average Bonchev–Trinajstić information content (AvgIpc) is 2.97. The molecule has 132 valence electrons. The summed E-state index contributed by atoms with van der Waals surface area (Å²) in [4.78, 5) is 5.06. The van der Waals surface area contributed by atoms with Gasteiger partial charge in [0, 0.05) is 39.7 Å². The second-order valence-corrected chi connectivity index (χ2v) is 9.30. The zero-order valence-electron chi connectivity index (χ0n) is 14.5. The van der Waals surface area contributed by atoms with Gasteiger partial charge in [-0.15, -0.1) is 11.3 Å². The number of hydrogen-bond donors (Lipinski definition) is 2. The summed E-state index contributed by atoms with van der Waals surface area (Å²) in [6.45, 7) is 5.06. The van der Waals surface area contributed by atoms with E-state index in [0.717, 1.165) is 4.88 Å². The van der Waals surface area contributed by atoms with Crippen LogP contribution in [0.2, 0.25) is 0 Å². The van der Waals surface area contributed by atoms with Crippen molar-refractivity contribution in [2.75, 3.05) is 34.8 Å². The lowest BCUT2D eigenvalue weighted by atomic mass is 10.1. The molecular formula is C14H26N4O3S2. The summed E-state index contributed by atoms with van der Waals surface area (Å²) in [5.74, 6) is 0.639. The number of ether oxygens (including phenoxy) is 1. The quantitative estimate of drug-likeness (QED) is 0.560. The molecule has 0 saturated carbocycles. The fraction of sp³-hybridized carbons (Fsp3) is 0.643. The molecule has 0 aromatic carbocycles. The van der Waals surface area contributed by atoms with E-state index < -0.39 is 10.0 Å². The Bertz CT molecular complexity index is 636. The monoisotopic (exact) mass is 362 g/mol. The number of methoxy groups -OCH3 is 1. The topological polar surface area (TPSA) is 83.0 Å². The van der Waals surface area contributed by atoms with Gasteiger partial charge < -0.3 is 15.4 Å². The second-order valence-electron chi connectivity index (χ2n) is 5.75. The molecule has 0 amide bonds. The van der Waals surface area contributed by atoms with Crippen molar-refractivity contribution in [1.82, 2.24) is 14.9 Å². The van der Waals surface area contributed by atoms with E-state index in [1.54, 1.807) is 26.3 Å². The van der Waals surface area contributed by atoms with Crippen molar-refractivity contribution >= 4 is 27.3 Å². The summed E-state index contributed by atoms with van der Waals surface area (Å²) in [5.41, 5.74) is -0.298. The van der Waals surface area contributed by atoms with E-state index >= 15 is 0 Å². The molecule has 0 fully saturated rings. The van der Waals surface area contributed by atoms with Crippen molar-refractivity contribution in [3.8, 4) is 0 Å². The maximum atomic E-state index is 12.1. The van der Waals surface area contributed by atoms with Crippen LogP contribution in [0.5, 0.6) is 0 Å². The van der Waals surface area contributed by atoms with Crippen LogP contribution < -0.4 is 10.6 Å². The van der Waals surface area contributed by atoms with Crippen LogP contribution in [0.15, 0.2) is 21.3 Å². The summed E-state index contributed by atoms with van der Waals surface area (Å²) >= 11 is 1.25. The van der Waals surface area contributed by atoms with Crippen LogP contribution in [0.25, 0.3) is 0 Å². The van der Waals surface area contributed by atoms with Gasteiger partial charge in [-0.2, -0.15) is 0 Å². The molecule has 23 heavy (non-hydrogen) atoms. The van der Waals surface area contributed by atoms with Crippen LogP contribution in [-0.2, 0) is 21.3 Å². The van der Waals surface area contributed by atoms with Crippen molar-refractivity contribution in [2.24, 2.45) is 4.99 Å². The Morgan fingerprint density at radius 1 is 1.35 bits per heavy atom. The van der Waals surface area contributed by atoms with Gasteiger partial charge in [-0.05, 0) is 26.0 Å². The lowest BCUT2D eigenvalue weighted by molar-refractivity contribution is 0.0268. The highest BCUT2D eigenvalue weighted by Crippen LogP contribution is 2.23. The molecular weight excluding hydrogens is 336 g/mol. The normalized spacial score (nSPS) is 13.4. The van der Waals surface area contributed by atoms with Crippen LogP contribution >= 0.6 is 11.3 Å². The van der Waals surface area contributed by atoms with Gasteiger partial charge in [0.25, 0.3) is 10.0 Å². The number of nitrogens with one attached hydrogen (secondary N) is 2. The van der Waals surface area contributed by atoms with E-state index in [9.17, 15) is 8.42 Å². The number of nitrogens with zero attached hydrogens (tertiary/aromatic N) is 2. The third kappa shape index (κ3) is 5.76. The molecule has 0 aliphatic carbocycles. The molecule has 9 heteroatoms. The smallest absolute Gasteiger partial charge is 0.252 e. The van der Waals surface area contributed by atoms with Crippen LogP contribution in [-0.4, -0.2) is 59.1 Å². The standard InChI is InChI=1S/C14H26N4O3S2/c1-14(2,21-6)10-17-13(15-3)16-9-11-7-8-12(22-11)23(19,20)18(4)5/h7-8H,9-10H2,1-6H3,(H2,15,16,17). The molecule has 2 N–H and O–H groups in total. The molecule has 1 rings (SSSR count). The summed E-state index contributed by atoms with van der Waals surface area (Å²) in [5, 5.41) is 6.34. The SMILES string of the molecule is CN=C(NCc1ccc(S(=O)(=O)N(C)C)s1)NCC(C)(C)OC. The zero-order chi connectivity index (χ0) is 17.7. The molecule has 0 saturated heterocycles. The van der Waals surface area contributed by atoms with Crippen LogP contribution in [0.1, 0.15) is 18.7 Å². The van der Waals surface area contributed by atoms with Crippen molar-refractivity contribution in [2.45, 2.75) is 30.2 Å². The van der Waals surface area contributed by atoms with Crippen LogP contribution in [0, 0.1) is 0 Å². The van der Waals surface area contributed by atoms with Gasteiger partial charge in [0.15, 0.2) is 5.96 Å². The molecule has 1 aromatic rings. The van der Waals surface area contributed by atoms with E-state index in [4.69, 9.17) is 4.74 Å². The highest BCUT2D eigenvalue weighted by atomic mass is 32.2. The van der Waals surface area contributed by atoms with E-state index in [-0.39, 0.29) is 5.60 Å². The Balaban J connectivity index is 2.63. The molecule has 1 heterocycles. The van der Waals surface area contributed by atoms with Gasteiger partial charge in [-0.25, -0.2) is 12.7 Å². The summed E-state index contributed by atoms with van der Waals surface area (Å²) < 4.78 is 31.0. The molecule has 0 aliphatic rings. The molecule has 0 unspecified atom stereocenters. The van der Waals surface area contributed by atoms with E-state index in [1.807, 2.05) is 13.8 Å². The Hall–Kier alpha value is -1.16. The van der Waals surface area contributed by atoms with Gasteiger partial charge in [0.05, 0.1) is 12.1 Å². The minimum atomic E-state index is -3.37.